The molecule has 0 fully saturated rings. The minimum absolute atomic E-state index is 0.0150. The van der Waals surface area contributed by atoms with E-state index in [0.717, 1.165) is 26.9 Å². The van der Waals surface area contributed by atoms with Gasteiger partial charge in [-0.05, 0) is 57.2 Å². The quantitative estimate of drug-likeness (QED) is 0.703. The average Bonchev–Trinajstić information content (AvgIpc) is 2.59. The molecule has 0 bridgehead atoms. The molecule has 0 aromatic heterocycles. The van der Waals surface area contributed by atoms with Crippen LogP contribution in [0.2, 0.25) is 5.02 Å². The van der Waals surface area contributed by atoms with Gasteiger partial charge in [-0.2, -0.15) is 0 Å². The molecular formula is C20H17BrClNO3. The molecule has 0 unspecified atom stereocenters. The van der Waals surface area contributed by atoms with E-state index < -0.39 is 5.97 Å². The number of carbonyl (C=O) groups is 2. The summed E-state index contributed by atoms with van der Waals surface area (Å²) in [5, 5.41) is 9.42. The number of carbonyl (C=O) groups excluding carboxylic acids is 1. The molecule has 3 rings (SSSR count). The van der Waals surface area contributed by atoms with Gasteiger partial charge in [-0.15, -0.1) is 0 Å². The van der Waals surface area contributed by atoms with Crippen LogP contribution >= 0.6 is 27.5 Å². The van der Waals surface area contributed by atoms with Crippen LogP contribution in [0.4, 0.5) is 5.69 Å². The number of halogens is 2. The van der Waals surface area contributed by atoms with Gasteiger partial charge >= 0.3 is 5.97 Å². The van der Waals surface area contributed by atoms with Gasteiger partial charge in [0.2, 0.25) is 5.91 Å². The van der Waals surface area contributed by atoms with Gasteiger partial charge in [0.1, 0.15) is 0 Å². The molecule has 0 spiro atoms. The number of amides is 1. The van der Waals surface area contributed by atoms with E-state index in [1.165, 1.54) is 0 Å². The normalized spacial score (nSPS) is 12.8. The summed E-state index contributed by atoms with van der Waals surface area (Å²) in [6.07, 6.45) is 4.46. The number of hydrogen-bond donors (Lipinski definition) is 1. The fraction of sp³-hybridized carbons (Fsp3) is 0.200. The second-order valence-electron chi connectivity index (χ2n) is 6.08. The highest BCUT2D eigenvalue weighted by atomic mass is 79.9. The molecule has 2 aromatic carbocycles. The fourth-order valence-electron chi connectivity index (χ4n) is 2.95. The summed E-state index contributed by atoms with van der Waals surface area (Å²) in [5.74, 6) is -0.983. The molecule has 0 saturated carbocycles. The summed E-state index contributed by atoms with van der Waals surface area (Å²) in [7, 11) is 0. The molecule has 1 heterocycles. The molecule has 0 radical (unpaired) electrons. The molecule has 134 valence electrons. The van der Waals surface area contributed by atoms with E-state index in [9.17, 15) is 9.59 Å². The smallest absolute Gasteiger partial charge is 0.303 e. The monoisotopic (exact) mass is 433 g/mol. The highest BCUT2D eigenvalue weighted by molar-refractivity contribution is 9.10. The Morgan fingerprint density at radius 1 is 1.12 bits per heavy atom. The lowest BCUT2D eigenvalue weighted by atomic mass is 10.0. The SMILES string of the molecule is O=C(O)CCCC(=O)N1Cc2cc(Br)c(Cl)cc2C=Cc2ccccc21. The van der Waals surface area contributed by atoms with Crippen molar-refractivity contribution in [2.24, 2.45) is 0 Å². The standard InChI is InChI=1S/C20H17BrClNO3/c21-16-10-15-12-23(19(24)6-3-7-20(25)26)18-5-2-1-4-13(18)8-9-14(15)11-17(16)22/h1-2,4-5,8-11H,3,6-7,12H2,(H,25,26). The summed E-state index contributed by atoms with van der Waals surface area (Å²) >= 11 is 9.66. The molecule has 1 aliphatic heterocycles. The average molecular weight is 435 g/mol. The first-order valence-electron chi connectivity index (χ1n) is 8.23. The van der Waals surface area contributed by atoms with Crippen molar-refractivity contribution in [2.75, 3.05) is 4.90 Å². The van der Waals surface area contributed by atoms with E-state index in [0.29, 0.717) is 18.0 Å². The van der Waals surface area contributed by atoms with Crippen molar-refractivity contribution in [2.45, 2.75) is 25.8 Å². The molecule has 0 saturated heterocycles. The Kier molecular flexibility index (Phi) is 5.79. The summed E-state index contributed by atoms with van der Waals surface area (Å²) in [6, 6.07) is 11.5. The van der Waals surface area contributed by atoms with Crippen LogP contribution in [-0.2, 0) is 16.1 Å². The number of rotatable bonds is 4. The van der Waals surface area contributed by atoms with Crippen LogP contribution in [0.15, 0.2) is 40.9 Å². The molecule has 0 aliphatic carbocycles. The summed E-state index contributed by atoms with van der Waals surface area (Å²) in [4.78, 5) is 25.3. The highest BCUT2D eigenvalue weighted by Crippen LogP contribution is 2.33. The summed E-state index contributed by atoms with van der Waals surface area (Å²) in [6.45, 7) is 0.401. The Morgan fingerprint density at radius 2 is 1.85 bits per heavy atom. The topological polar surface area (TPSA) is 57.6 Å². The van der Waals surface area contributed by atoms with E-state index in [-0.39, 0.29) is 18.7 Å². The number of aliphatic carboxylic acids is 1. The van der Waals surface area contributed by atoms with Crippen LogP contribution in [-0.4, -0.2) is 17.0 Å². The summed E-state index contributed by atoms with van der Waals surface area (Å²) in [5.41, 5.74) is 3.68. The van der Waals surface area contributed by atoms with Crippen molar-refractivity contribution in [3.8, 4) is 0 Å². The Hall–Kier alpha value is -2.11. The number of nitrogens with zero attached hydrogens (tertiary/aromatic N) is 1. The van der Waals surface area contributed by atoms with Gasteiger partial charge in [0, 0.05) is 17.3 Å². The Labute approximate surface area is 165 Å². The van der Waals surface area contributed by atoms with Gasteiger partial charge in [0.25, 0.3) is 0 Å². The first kappa shape index (κ1) is 18.7. The number of carboxylic acid groups (broad SMARTS) is 1. The van der Waals surface area contributed by atoms with Gasteiger partial charge in [-0.1, -0.05) is 42.0 Å². The minimum Gasteiger partial charge on any atom is -0.481 e. The first-order chi connectivity index (χ1) is 12.5. The van der Waals surface area contributed by atoms with Crippen LogP contribution < -0.4 is 4.90 Å². The predicted octanol–water partition coefficient (Wildman–Crippen LogP) is 5.37. The highest BCUT2D eigenvalue weighted by Gasteiger charge is 2.21. The van der Waals surface area contributed by atoms with Gasteiger partial charge < -0.3 is 10.0 Å². The number of carboxylic acids is 1. The predicted molar refractivity (Wildman–Crippen MR) is 107 cm³/mol. The van der Waals surface area contributed by atoms with Gasteiger partial charge in [0.05, 0.1) is 17.3 Å². The third kappa shape index (κ3) is 4.17. The van der Waals surface area contributed by atoms with Crippen molar-refractivity contribution < 1.29 is 14.7 Å². The van der Waals surface area contributed by atoms with Crippen molar-refractivity contribution in [1.82, 2.24) is 0 Å². The lowest BCUT2D eigenvalue weighted by molar-refractivity contribution is -0.137. The Balaban J connectivity index is 1.99. The zero-order chi connectivity index (χ0) is 18.7. The van der Waals surface area contributed by atoms with E-state index in [1.807, 2.05) is 48.6 Å². The number of anilines is 1. The molecule has 1 aliphatic rings. The maximum Gasteiger partial charge on any atom is 0.303 e. The zero-order valence-electron chi connectivity index (χ0n) is 13.9. The first-order valence-corrected chi connectivity index (χ1v) is 9.40. The Bertz CT molecular complexity index is 895. The minimum atomic E-state index is -0.891. The maximum absolute atomic E-state index is 12.8. The third-order valence-corrected chi connectivity index (χ3v) is 5.46. The molecule has 1 N–H and O–H groups in total. The van der Waals surface area contributed by atoms with E-state index in [2.05, 4.69) is 15.9 Å². The van der Waals surface area contributed by atoms with Gasteiger partial charge in [0.15, 0.2) is 0 Å². The third-order valence-electron chi connectivity index (χ3n) is 4.26. The number of benzene rings is 2. The van der Waals surface area contributed by atoms with E-state index in [4.69, 9.17) is 16.7 Å². The van der Waals surface area contributed by atoms with E-state index in [1.54, 1.807) is 4.90 Å². The van der Waals surface area contributed by atoms with Gasteiger partial charge in [-0.3, -0.25) is 9.59 Å². The van der Waals surface area contributed by atoms with Crippen LogP contribution in [0.3, 0.4) is 0 Å². The molecule has 0 atom stereocenters. The van der Waals surface area contributed by atoms with Crippen molar-refractivity contribution in [3.05, 3.63) is 62.6 Å². The molecule has 4 nitrogen and oxygen atoms in total. The van der Waals surface area contributed by atoms with Crippen LogP contribution in [0, 0.1) is 0 Å². The fourth-order valence-corrected chi connectivity index (χ4v) is 3.52. The molecule has 1 amide bonds. The molecular weight excluding hydrogens is 418 g/mol. The summed E-state index contributed by atoms with van der Waals surface area (Å²) < 4.78 is 0.776. The lowest BCUT2D eigenvalue weighted by Crippen LogP contribution is -2.31. The number of fused-ring (bicyclic) bond motifs is 2. The molecule has 26 heavy (non-hydrogen) atoms. The second-order valence-corrected chi connectivity index (χ2v) is 7.35. The number of hydrogen-bond acceptors (Lipinski definition) is 2. The maximum atomic E-state index is 12.8. The van der Waals surface area contributed by atoms with Crippen molar-refractivity contribution in [3.63, 3.8) is 0 Å². The lowest BCUT2D eigenvalue weighted by Gasteiger charge is -2.27. The van der Waals surface area contributed by atoms with Crippen LogP contribution in [0.25, 0.3) is 12.2 Å². The van der Waals surface area contributed by atoms with Gasteiger partial charge in [-0.25, -0.2) is 0 Å². The van der Waals surface area contributed by atoms with Crippen LogP contribution in [0.5, 0.6) is 0 Å². The largest absolute Gasteiger partial charge is 0.481 e. The Morgan fingerprint density at radius 3 is 2.62 bits per heavy atom. The molecule has 6 heteroatoms. The number of para-hydroxylation sites is 1. The van der Waals surface area contributed by atoms with Crippen molar-refractivity contribution >= 4 is 57.2 Å². The van der Waals surface area contributed by atoms with Crippen LogP contribution in [0.1, 0.15) is 36.0 Å². The molecule has 2 aromatic rings. The van der Waals surface area contributed by atoms with E-state index >= 15 is 0 Å². The second kappa shape index (κ2) is 8.06. The van der Waals surface area contributed by atoms with Crippen molar-refractivity contribution in [1.29, 1.82) is 0 Å². The zero-order valence-corrected chi connectivity index (χ0v) is 16.3.